The highest BCUT2D eigenvalue weighted by Gasteiger charge is 2.22. The summed E-state index contributed by atoms with van der Waals surface area (Å²) in [5.41, 5.74) is 9.28. The first kappa shape index (κ1) is 32.6. The number of fused-ring (bicyclic) bond motifs is 12. The molecule has 0 N–H and O–H groups in total. The van der Waals surface area contributed by atoms with Crippen LogP contribution in [-0.2, 0) is 0 Å². The van der Waals surface area contributed by atoms with Gasteiger partial charge in [-0.3, -0.25) is 0 Å². The molecule has 0 bridgehead atoms. The average molecular weight is 737 g/mol. The molecule has 0 aliphatic heterocycles. The van der Waals surface area contributed by atoms with Crippen molar-refractivity contribution >= 4 is 92.7 Å². The standard InChI is InChI=1S/C56H36N2/c1-3-16-38(17-4-1)52-34-40-19-9-10-22-45(40)56-55(52)51-32-30-44(36-54(51)58(56)42-28-27-37-15-7-8-18-39(37)33-42)57(41-20-5-2-6-21-41)43-29-31-50-48-25-12-11-23-46(48)47-24-13-14-26-49(47)53(50)35-43/h1-36H. The molecule has 0 saturated heterocycles. The lowest BCUT2D eigenvalue weighted by Gasteiger charge is -2.26. The number of hydrogen-bond donors (Lipinski definition) is 0. The molecule has 12 aromatic rings. The van der Waals surface area contributed by atoms with Crippen molar-refractivity contribution in [3.63, 3.8) is 0 Å². The van der Waals surface area contributed by atoms with Gasteiger partial charge in [0.2, 0.25) is 0 Å². The number of rotatable bonds is 5. The molecule has 2 heteroatoms. The van der Waals surface area contributed by atoms with Crippen LogP contribution < -0.4 is 4.90 Å². The number of nitrogens with zero attached hydrogens (tertiary/aromatic N) is 2. The van der Waals surface area contributed by atoms with Gasteiger partial charge in [-0.1, -0.05) is 164 Å². The second-order valence-electron chi connectivity index (χ2n) is 15.3. The third-order valence-corrected chi connectivity index (χ3v) is 12.1. The van der Waals surface area contributed by atoms with E-state index in [1.165, 1.54) is 81.3 Å². The molecular weight excluding hydrogens is 701 g/mol. The predicted octanol–water partition coefficient (Wildman–Crippen LogP) is 15.7. The highest BCUT2D eigenvalue weighted by Crippen LogP contribution is 2.46. The van der Waals surface area contributed by atoms with E-state index in [4.69, 9.17) is 0 Å². The van der Waals surface area contributed by atoms with Gasteiger partial charge in [0.15, 0.2) is 0 Å². The van der Waals surface area contributed by atoms with Crippen LogP contribution in [0.25, 0.3) is 92.5 Å². The Bertz CT molecular complexity index is 3530. The fraction of sp³-hybridized carbons (Fsp3) is 0. The molecule has 12 rings (SSSR count). The van der Waals surface area contributed by atoms with Gasteiger partial charge in [0, 0.05) is 38.9 Å². The third kappa shape index (κ3) is 4.99. The molecule has 0 radical (unpaired) electrons. The third-order valence-electron chi connectivity index (χ3n) is 12.1. The Balaban J connectivity index is 1.18. The minimum atomic E-state index is 1.10. The van der Waals surface area contributed by atoms with E-state index in [1.807, 2.05) is 0 Å². The van der Waals surface area contributed by atoms with Crippen LogP contribution in [0.4, 0.5) is 17.1 Å². The number of aromatic nitrogens is 1. The summed E-state index contributed by atoms with van der Waals surface area (Å²) in [6, 6.07) is 80.1. The van der Waals surface area contributed by atoms with E-state index in [0.29, 0.717) is 0 Å². The molecule has 58 heavy (non-hydrogen) atoms. The van der Waals surface area contributed by atoms with Crippen molar-refractivity contribution in [2.24, 2.45) is 0 Å². The Labute approximate surface area is 336 Å². The van der Waals surface area contributed by atoms with Crippen LogP contribution in [0.2, 0.25) is 0 Å². The molecule has 1 aromatic heterocycles. The monoisotopic (exact) mass is 736 g/mol. The Morgan fingerprint density at radius 3 is 1.55 bits per heavy atom. The van der Waals surface area contributed by atoms with E-state index in [0.717, 1.165) is 28.3 Å². The smallest absolute Gasteiger partial charge is 0.0625 e. The van der Waals surface area contributed by atoms with Crippen molar-refractivity contribution < 1.29 is 0 Å². The van der Waals surface area contributed by atoms with Crippen molar-refractivity contribution in [3.05, 3.63) is 218 Å². The quantitative estimate of drug-likeness (QED) is 0.160. The Kier molecular flexibility index (Phi) is 7.26. The summed E-state index contributed by atoms with van der Waals surface area (Å²) in [6.07, 6.45) is 0. The highest BCUT2D eigenvalue weighted by atomic mass is 15.1. The molecule has 0 saturated carbocycles. The molecule has 0 fully saturated rings. The van der Waals surface area contributed by atoms with Crippen LogP contribution in [0, 0.1) is 0 Å². The normalized spacial score (nSPS) is 11.8. The molecule has 0 amide bonds. The molecular formula is C56H36N2. The zero-order chi connectivity index (χ0) is 38.2. The van der Waals surface area contributed by atoms with E-state index < -0.39 is 0 Å². The second-order valence-corrected chi connectivity index (χ2v) is 15.3. The van der Waals surface area contributed by atoms with Crippen molar-refractivity contribution in [2.75, 3.05) is 4.90 Å². The molecule has 270 valence electrons. The highest BCUT2D eigenvalue weighted by molar-refractivity contribution is 6.27. The summed E-state index contributed by atoms with van der Waals surface area (Å²) in [5.74, 6) is 0. The molecule has 2 nitrogen and oxygen atoms in total. The first-order chi connectivity index (χ1) is 28.8. The van der Waals surface area contributed by atoms with E-state index >= 15 is 0 Å². The summed E-state index contributed by atoms with van der Waals surface area (Å²) in [5, 5.41) is 15.0. The Morgan fingerprint density at radius 1 is 0.310 bits per heavy atom. The van der Waals surface area contributed by atoms with Crippen molar-refractivity contribution in [2.45, 2.75) is 0 Å². The van der Waals surface area contributed by atoms with Gasteiger partial charge in [0.1, 0.15) is 0 Å². The summed E-state index contributed by atoms with van der Waals surface area (Å²) in [7, 11) is 0. The maximum Gasteiger partial charge on any atom is 0.0625 e. The Morgan fingerprint density at radius 2 is 0.845 bits per heavy atom. The first-order valence-electron chi connectivity index (χ1n) is 20.0. The lowest BCUT2D eigenvalue weighted by molar-refractivity contribution is 1.19. The number of anilines is 3. The van der Waals surface area contributed by atoms with Gasteiger partial charge in [-0.15, -0.1) is 0 Å². The van der Waals surface area contributed by atoms with E-state index in [2.05, 4.69) is 228 Å². The SMILES string of the molecule is c1ccc(-c2cc3ccccc3c3c2c2ccc(N(c4ccccc4)c4ccc5c6ccccc6c6ccccc6c5c4)cc2n3-c2ccc3ccccc3c2)cc1. The van der Waals surface area contributed by atoms with Gasteiger partial charge in [-0.2, -0.15) is 0 Å². The van der Waals surface area contributed by atoms with Gasteiger partial charge in [0.05, 0.1) is 11.0 Å². The van der Waals surface area contributed by atoms with Crippen LogP contribution in [0.5, 0.6) is 0 Å². The van der Waals surface area contributed by atoms with E-state index in [-0.39, 0.29) is 0 Å². The van der Waals surface area contributed by atoms with Gasteiger partial charge in [0.25, 0.3) is 0 Å². The first-order valence-corrected chi connectivity index (χ1v) is 20.0. The molecule has 0 spiro atoms. The van der Waals surface area contributed by atoms with Gasteiger partial charge >= 0.3 is 0 Å². The van der Waals surface area contributed by atoms with Crippen LogP contribution in [0.15, 0.2) is 218 Å². The molecule has 0 atom stereocenters. The van der Waals surface area contributed by atoms with Crippen LogP contribution in [-0.4, -0.2) is 4.57 Å². The molecule has 0 unspecified atom stereocenters. The zero-order valence-corrected chi connectivity index (χ0v) is 31.7. The average Bonchev–Trinajstić information content (AvgIpc) is 3.64. The van der Waals surface area contributed by atoms with E-state index in [9.17, 15) is 0 Å². The minimum Gasteiger partial charge on any atom is -0.310 e. The minimum absolute atomic E-state index is 1.10. The Hall–Kier alpha value is -7.68. The van der Waals surface area contributed by atoms with Crippen LogP contribution in [0.3, 0.4) is 0 Å². The maximum absolute atomic E-state index is 2.51. The van der Waals surface area contributed by atoms with Gasteiger partial charge in [-0.25, -0.2) is 0 Å². The lowest BCUT2D eigenvalue weighted by Crippen LogP contribution is -2.10. The zero-order valence-electron chi connectivity index (χ0n) is 31.7. The van der Waals surface area contributed by atoms with Gasteiger partial charge < -0.3 is 9.47 Å². The molecule has 1 heterocycles. The molecule has 11 aromatic carbocycles. The summed E-state index contributed by atoms with van der Waals surface area (Å²) < 4.78 is 2.51. The molecule has 0 aliphatic carbocycles. The number of hydrogen-bond acceptors (Lipinski definition) is 1. The van der Waals surface area contributed by atoms with Crippen LogP contribution in [0.1, 0.15) is 0 Å². The van der Waals surface area contributed by atoms with Gasteiger partial charge in [-0.05, 0) is 114 Å². The van der Waals surface area contributed by atoms with Crippen molar-refractivity contribution in [1.29, 1.82) is 0 Å². The maximum atomic E-state index is 2.51. The summed E-state index contributed by atoms with van der Waals surface area (Å²) >= 11 is 0. The molecule has 0 aliphatic rings. The van der Waals surface area contributed by atoms with Crippen molar-refractivity contribution in [3.8, 4) is 16.8 Å². The fourth-order valence-electron chi connectivity index (χ4n) is 9.50. The summed E-state index contributed by atoms with van der Waals surface area (Å²) in [4.78, 5) is 2.42. The largest absolute Gasteiger partial charge is 0.310 e. The number of benzene rings is 11. The second kappa shape index (κ2) is 12.9. The predicted molar refractivity (Wildman–Crippen MR) is 248 cm³/mol. The van der Waals surface area contributed by atoms with E-state index in [1.54, 1.807) is 0 Å². The fourth-order valence-corrected chi connectivity index (χ4v) is 9.50. The topological polar surface area (TPSA) is 8.17 Å². The summed E-state index contributed by atoms with van der Waals surface area (Å²) in [6.45, 7) is 0. The van der Waals surface area contributed by atoms with Crippen molar-refractivity contribution in [1.82, 2.24) is 4.57 Å². The van der Waals surface area contributed by atoms with Crippen LogP contribution >= 0.6 is 0 Å². The lowest BCUT2D eigenvalue weighted by atomic mass is 9.94. The number of para-hydroxylation sites is 1.